The summed E-state index contributed by atoms with van der Waals surface area (Å²) in [5.41, 5.74) is 7.60. The predicted octanol–water partition coefficient (Wildman–Crippen LogP) is 9.32. The van der Waals surface area contributed by atoms with Crippen molar-refractivity contribution in [3.05, 3.63) is 102 Å². The molecule has 5 aromatic rings. The van der Waals surface area contributed by atoms with Gasteiger partial charge in [-0.1, -0.05) is 31.5 Å². The number of pyridine rings is 1. The Labute approximate surface area is 331 Å². The van der Waals surface area contributed by atoms with Crippen LogP contribution >= 0.6 is 0 Å². The fourth-order valence-electron chi connectivity index (χ4n) is 7.42. The third kappa shape index (κ3) is 9.42. The highest BCUT2D eigenvalue weighted by Gasteiger charge is 2.26. The molecule has 1 aliphatic rings. The van der Waals surface area contributed by atoms with Gasteiger partial charge < -0.3 is 38.1 Å². The van der Waals surface area contributed by atoms with Gasteiger partial charge in [-0.2, -0.15) is 0 Å². The molecule has 1 fully saturated rings. The van der Waals surface area contributed by atoms with Crippen LogP contribution in [-0.4, -0.2) is 78.3 Å². The maximum Gasteiger partial charge on any atom is 0.203 e. The zero-order chi connectivity index (χ0) is 39.4. The number of rotatable bonds is 18. The van der Waals surface area contributed by atoms with Crippen molar-refractivity contribution in [1.29, 1.82) is 0 Å². The molecular weight excluding hydrogens is 707 g/mol. The number of methoxy groups -OCH3 is 6. The van der Waals surface area contributed by atoms with Crippen LogP contribution in [0.15, 0.2) is 91.3 Å². The van der Waals surface area contributed by atoms with Gasteiger partial charge in [-0.25, -0.2) is 0 Å². The minimum Gasteiger partial charge on any atom is -0.494 e. The van der Waals surface area contributed by atoms with Crippen LogP contribution in [0.2, 0.25) is 0 Å². The van der Waals surface area contributed by atoms with Gasteiger partial charge in [-0.05, 0) is 108 Å². The number of unbranched alkanes of at least 4 members (excludes halogenated alkanes) is 1. The van der Waals surface area contributed by atoms with Crippen LogP contribution in [0.5, 0.6) is 40.2 Å². The first-order valence-corrected chi connectivity index (χ1v) is 19.3. The van der Waals surface area contributed by atoms with Crippen molar-refractivity contribution in [3.63, 3.8) is 0 Å². The minimum absolute atomic E-state index is 0.353. The molecule has 0 spiro atoms. The van der Waals surface area contributed by atoms with Gasteiger partial charge in [0.25, 0.3) is 0 Å². The molecule has 1 aromatic heterocycles. The largest absolute Gasteiger partial charge is 0.494 e. The fraction of sp³-hybridized carbons (Fsp3) is 0.370. The van der Waals surface area contributed by atoms with Crippen molar-refractivity contribution in [3.8, 4) is 62.5 Å². The van der Waals surface area contributed by atoms with E-state index < -0.39 is 0 Å². The summed E-state index contributed by atoms with van der Waals surface area (Å²) in [5.74, 6) is 4.55. The molecule has 0 bridgehead atoms. The lowest BCUT2D eigenvalue weighted by Crippen LogP contribution is -2.44. The Morgan fingerprint density at radius 1 is 0.625 bits per heavy atom. The molecule has 1 aliphatic heterocycles. The molecular formula is C46H55N3O7. The van der Waals surface area contributed by atoms with E-state index in [-0.39, 0.29) is 0 Å². The summed E-state index contributed by atoms with van der Waals surface area (Å²) in [5, 5.41) is 0. The number of benzene rings is 4. The van der Waals surface area contributed by atoms with E-state index in [1.165, 1.54) is 11.3 Å². The second-order valence-corrected chi connectivity index (χ2v) is 13.9. The molecule has 6 rings (SSSR count). The lowest BCUT2D eigenvalue weighted by atomic mass is 9.98. The average Bonchev–Trinajstić information content (AvgIpc) is 3.25. The maximum absolute atomic E-state index is 6.03. The molecule has 0 N–H and O–H groups in total. The van der Waals surface area contributed by atoms with Crippen molar-refractivity contribution in [2.75, 3.05) is 67.3 Å². The van der Waals surface area contributed by atoms with Gasteiger partial charge in [0.2, 0.25) is 11.5 Å². The Hall–Kier alpha value is -5.61. The van der Waals surface area contributed by atoms with Crippen molar-refractivity contribution < 1.29 is 33.2 Å². The first-order chi connectivity index (χ1) is 27.4. The Bertz CT molecular complexity index is 1980. The van der Waals surface area contributed by atoms with Crippen molar-refractivity contribution >= 4 is 5.69 Å². The van der Waals surface area contributed by atoms with Crippen molar-refractivity contribution in [1.82, 2.24) is 9.88 Å². The third-order valence-corrected chi connectivity index (χ3v) is 10.4. The van der Waals surface area contributed by atoms with Crippen LogP contribution in [0.1, 0.15) is 43.7 Å². The molecule has 0 saturated carbocycles. The Kier molecular flexibility index (Phi) is 13.8. The molecule has 10 heteroatoms. The Balaban J connectivity index is 1.20. The Morgan fingerprint density at radius 3 is 1.75 bits per heavy atom. The molecule has 4 aromatic carbocycles. The van der Waals surface area contributed by atoms with Gasteiger partial charge in [-0.15, -0.1) is 0 Å². The quantitative estimate of drug-likeness (QED) is 0.0806. The number of ether oxygens (including phenoxy) is 7. The molecule has 0 amide bonds. The van der Waals surface area contributed by atoms with Gasteiger partial charge in [0.05, 0.1) is 49.3 Å². The molecule has 10 nitrogen and oxygen atoms in total. The monoisotopic (exact) mass is 761 g/mol. The second kappa shape index (κ2) is 19.3. The number of anilines is 1. The van der Waals surface area contributed by atoms with Gasteiger partial charge in [0, 0.05) is 55.9 Å². The maximum atomic E-state index is 6.03. The summed E-state index contributed by atoms with van der Waals surface area (Å²) >= 11 is 0. The summed E-state index contributed by atoms with van der Waals surface area (Å²) in [6.45, 7) is 6.43. The zero-order valence-electron chi connectivity index (χ0n) is 33.8. The first kappa shape index (κ1) is 40.1. The molecule has 56 heavy (non-hydrogen) atoms. The lowest BCUT2D eigenvalue weighted by molar-refractivity contribution is 0.200. The van der Waals surface area contributed by atoms with E-state index in [1.807, 2.05) is 36.7 Å². The lowest BCUT2D eigenvalue weighted by Gasteiger charge is -2.40. The summed E-state index contributed by atoms with van der Waals surface area (Å²) in [7, 11) is 9.79. The minimum atomic E-state index is 0.353. The summed E-state index contributed by atoms with van der Waals surface area (Å²) in [4.78, 5) is 9.71. The summed E-state index contributed by atoms with van der Waals surface area (Å²) in [6.07, 6.45) is 8.05. The molecule has 296 valence electrons. The van der Waals surface area contributed by atoms with Gasteiger partial charge in [0.15, 0.2) is 23.0 Å². The summed E-state index contributed by atoms with van der Waals surface area (Å²) < 4.78 is 39.7. The average molecular weight is 762 g/mol. The van der Waals surface area contributed by atoms with Crippen LogP contribution in [0.4, 0.5) is 5.69 Å². The van der Waals surface area contributed by atoms with E-state index in [0.29, 0.717) is 40.5 Å². The van der Waals surface area contributed by atoms with Gasteiger partial charge in [-0.3, -0.25) is 9.88 Å². The number of aromatic nitrogens is 1. The molecule has 0 unspecified atom stereocenters. The van der Waals surface area contributed by atoms with Gasteiger partial charge in [0.1, 0.15) is 5.75 Å². The van der Waals surface area contributed by atoms with Crippen LogP contribution in [0, 0.1) is 0 Å². The zero-order valence-corrected chi connectivity index (χ0v) is 33.8. The highest BCUT2D eigenvalue weighted by Crippen LogP contribution is 2.43. The fourth-order valence-corrected chi connectivity index (χ4v) is 7.42. The predicted molar refractivity (Wildman–Crippen MR) is 222 cm³/mol. The molecule has 0 atom stereocenters. The smallest absolute Gasteiger partial charge is 0.203 e. The van der Waals surface area contributed by atoms with E-state index in [1.54, 1.807) is 42.7 Å². The normalized spacial score (nSPS) is 13.2. The number of nitrogens with zero attached hydrogens (tertiary/aromatic N) is 3. The van der Waals surface area contributed by atoms with Crippen LogP contribution in [0.25, 0.3) is 22.3 Å². The van der Waals surface area contributed by atoms with Crippen LogP contribution in [-0.2, 0) is 13.1 Å². The van der Waals surface area contributed by atoms with Crippen LogP contribution < -0.4 is 38.1 Å². The molecule has 2 heterocycles. The summed E-state index contributed by atoms with van der Waals surface area (Å²) in [6, 6.07) is 27.8. The van der Waals surface area contributed by atoms with E-state index in [2.05, 4.69) is 76.3 Å². The standard InChI is InChI=1S/C46H55N3O7/c1-8-9-21-56-40-15-13-38(14-16-40)49(31-32-11-10-12-34(22-32)35-24-41(50-2)45(54-6)42(25-35)51-3)39-17-19-48(20-18-39)30-33-23-37(29-47-28-33)36-26-43(52-4)46(55-7)44(27-36)53-5/h10-16,22-29,39H,8-9,17-21,30-31H2,1-7H3. The third-order valence-electron chi connectivity index (χ3n) is 10.4. The highest BCUT2D eigenvalue weighted by molar-refractivity contribution is 5.72. The second-order valence-electron chi connectivity index (χ2n) is 13.9. The SMILES string of the molecule is CCCCOc1ccc(N(Cc2cccc(-c3cc(OC)c(OC)c(OC)c3)c2)C2CCN(Cc3cncc(-c4cc(OC)c(OC)c(OC)c4)c3)CC2)cc1. The number of piperidine rings is 1. The molecule has 0 radical (unpaired) electrons. The van der Waals surface area contributed by atoms with E-state index in [4.69, 9.17) is 33.2 Å². The molecule has 0 aliphatic carbocycles. The van der Waals surface area contributed by atoms with E-state index in [0.717, 1.165) is 92.0 Å². The number of likely N-dealkylation sites (tertiary alicyclic amines) is 1. The van der Waals surface area contributed by atoms with Crippen molar-refractivity contribution in [2.24, 2.45) is 0 Å². The number of hydrogen-bond donors (Lipinski definition) is 0. The highest BCUT2D eigenvalue weighted by atomic mass is 16.5. The molecule has 1 saturated heterocycles. The van der Waals surface area contributed by atoms with Crippen molar-refractivity contribution in [2.45, 2.75) is 51.7 Å². The number of hydrogen-bond acceptors (Lipinski definition) is 10. The topological polar surface area (TPSA) is 84.0 Å². The van der Waals surface area contributed by atoms with Crippen LogP contribution in [0.3, 0.4) is 0 Å². The first-order valence-electron chi connectivity index (χ1n) is 19.3. The Morgan fingerprint density at radius 2 is 1.20 bits per heavy atom. The van der Waals surface area contributed by atoms with E-state index >= 15 is 0 Å². The van der Waals surface area contributed by atoms with E-state index in [9.17, 15) is 0 Å². The van der Waals surface area contributed by atoms with Gasteiger partial charge >= 0.3 is 0 Å².